The molecule has 0 unspecified atom stereocenters. The van der Waals surface area contributed by atoms with Gasteiger partial charge in [0.15, 0.2) is 5.65 Å². The number of rotatable bonds is 5. The van der Waals surface area contributed by atoms with Crippen molar-refractivity contribution in [3.8, 4) is 22.9 Å². The quantitative estimate of drug-likeness (QED) is 0.415. The lowest BCUT2D eigenvalue weighted by Gasteiger charge is -2.12. The van der Waals surface area contributed by atoms with Gasteiger partial charge in [0, 0.05) is 11.8 Å². The van der Waals surface area contributed by atoms with Crippen LogP contribution < -0.4 is 16.0 Å². The molecule has 0 fully saturated rings. The number of methoxy groups -OCH3 is 1. The molecule has 2 aromatic carbocycles. The van der Waals surface area contributed by atoms with Crippen molar-refractivity contribution in [2.24, 2.45) is 0 Å². The van der Waals surface area contributed by atoms with Crippen LogP contribution in [0.1, 0.15) is 11.5 Å². The third kappa shape index (κ3) is 3.61. The Morgan fingerprint density at radius 3 is 2.45 bits per heavy atom. The zero-order valence-electron chi connectivity index (χ0n) is 18.1. The number of ether oxygens (including phenoxy) is 1. The highest BCUT2D eigenvalue weighted by molar-refractivity contribution is 5.75. The molecule has 0 saturated carbocycles. The number of aryl methyl sites for hydroxylation is 1. The summed E-state index contributed by atoms with van der Waals surface area (Å²) in [5.74, 6) is 1.66. The van der Waals surface area contributed by atoms with Gasteiger partial charge in [0.2, 0.25) is 5.89 Å². The summed E-state index contributed by atoms with van der Waals surface area (Å²) in [4.78, 5) is 35.6. The first-order chi connectivity index (χ1) is 16.1. The van der Waals surface area contributed by atoms with Gasteiger partial charge in [-0.3, -0.25) is 9.36 Å². The number of fused-ring (bicyclic) bond motifs is 1. The minimum atomic E-state index is -0.495. The predicted molar refractivity (Wildman–Crippen MR) is 124 cm³/mol. The summed E-state index contributed by atoms with van der Waals surface area (Å²) >= 11 is 0. The molecule has 8 heteroatoms. The van der Waals surface area contributed by atoms with Crippen LogP contribution in [-0.2, 0) is 6.54 Å². The van der Waals surface area contributed by atoms with Gasteiger partial charge in [-0.25, -0.2) is 19.3 Å². The zero-order valence-corrected chi connectivity index (χ0v) is 18.1. The smallest absolute Gasteiger partial charge is 0.337 e. The lowest BCUT2D eigenvalue weighted by Crippen LogP contribution is -2.40. The fourth-order valence-electron chi connectivity index (χ4n) is 3.72. The summed E-state index contributed by atoms with van der Waals surface area (Å²) in [5.41, 5.74) is 1.28. The number of hydrogen-bond acceptors (Lipinski definition) is 6. The van der Waals surface area contributed by atoms with Crippen molar-refractivity contribution < 1.29 is 9.15 Å². The lowest BCUT2D eigenvalue weighted by atomic mass is 10.2. The van der Waals surface area contributed by atoms with E-state index in [0.717, 1.165) is 11.3 Å². The van der Waals surface area contributed by atoms with Crippen molar-refractivity contribution in [2.75, 3.05) is 7.11 Å². The largest absolute Gasteiger partial charge is 0.497 e. The van der Waals surface area contributed by atoms with Gasteiger partial charge in [0.05, 0.1) is 24.7 Å². The van der Waals surface area contributed by atoms with Gasteiger partial charge in [-0.2, -0.15) is 0 Å². The molecule has 0 aliphatic heterocycles. The molecule has 164 valence electrons. The van der Waals surface area contributed by atoms with Crippen LogP contribution in [0, 0.1) is 6.92 Å². The van der Waals surface area contributed by atoms with Crippen molar-refractivity contribution in [3.63, 3.8) is 0 Å². The second-order valence-electron chi connectivity index (χ2n) is 7.47. The number of nitrogens with zero attached hydrogens (tertiary/aromatic N) is 4. The maximum Gasteiger partial charge on any atom is 0.337 e. The maximum atomic E-state index is 13.5. The van der Waals surface area contributed by atoms with Crippen molar-refractivity contribution in [1.29, 1.82) is 0 Å². The Kier molecular flexibility index (Phi) is 5.10. The summed E-state index contributed by atoms with van der Waals surface area (Å²) in [6, 6.07) is 19.8. The van der Waals surface area contributed by atoms with Crippen molar-refractivity contribution in [1.82, 2.24) is 19.1 Å². The average Bonchev–Trinajstić information content (AvgIpc) is 3.22. The van der Waals surface area contributed by atoms with Crippen LogP contribution in [0.25, 0.3) is 28.2 Å². The number of oxazole rings is 1. The normalized spacial score (nSPS) is 11.1. The number of hydrogen-bond donors (Lipinski definition) is 0. The zero-order chi connectivity index (χ0) is 22.9. The van der Waals surface area contributed by atoms with Gasteiger partial charge in [-0.15, -0.1) is 0 Å². The van der Waals surface area contributed by atoms with Crippen LogP contribution in [0.3, 0.4) is 0 Å². The Morgan fingerprint density at radius 2 is 1.73 bits per heavy atom. The third-order valence-electron chi connectivity index (χ3n) is 5.45. The molecule has 0 N–H and O–H groups in total. The van der Waals surface area contributed by atoms with E-state index in [1.54, 1.807) is 44.5 Å². The first kappa shape index (κ1) is 20.4. The average molecular weight is 440 g/mol. The first-order valence-corrected chi connectivity index (χ1v) is 10.3. The number of para-hydroxylation sites is 1. The molecular weight excluding hydrogens is 420 g/mol. The molecule has 3 aromatic heterocycles. The fraction of sp³-hybridized carbons (Fsp3) is 0.120. The topological polar surface area (TPSA) is 92.2 Å². The first-order valence-electron chi connectivity index (χ1n) is 10.3. The van der Waals surface area contributed by atoms with Crippen molar-refractivity contribution >= 4 is 11.0 Å². The standard InChI is InChI=1S/C25H20N4O4/c1-16-21(27-23(33-16)17-10-12-19(32-2)13-11-17)15-28-24(30)20-9-6-14-26-22(20)29(25(28)31)18-7-4-3-5-8-18/h3-14H,15H2,1-2H3. The van der Waals surface area contributed by atoms with E-state index in [1.165, 1.54) is 9.13 Å². The molecular formula is C25H20N4O4. The highest BCUT2D eigenvalue weighted by atomic mass is 16.5. The summed E-state index contributed by atoms with van der Waals surface area (Å²) in [6.45, 7) is 1.74. The molecule has 0 spiro atoms. The Morgan fingerprint density at radius 1 is 0.970 bits per heavy atom. The van der Waals surface area contributed by atoms with Gasteiger partial charge in [0.25, 0.3) is 5.56 Å². The van der Waals surface area contributed by atoms with Crippen molar-refractivity contribution in [3.05, 3.63) is 105 Å². The van der Waals surface area contributed by atoms with Gasteiger partial charge in [0.1, 0.15) is 17.2 Å². The summed E-state index contributed by atoms with van der Waals surface area (Å²) in [5, 5.41) is 0.345. The highest BCUT2D eigenvalue weighted by Gasteiger charge is 2.19. The van der Waals surface area contributed by atoms with Gasteiger partial charge >= 0.3 is 5.69 Å². The number of benzene rings is 2. The van der Waals surface area contributed by atoms with E-state index < -0.39 is 11.2 Å². The maximum absolute atomic E-state index is 13.5. The van der Waals surface area contributed by atoms with Gasteiger partial charge in [-0.05, 0) is 55.5 Å². The van der Waals surface area contributed by atoms with E-state index in [-0.39, 0.29) is 6.54 Å². The molecule has 5 aromatic rings. The van der Waals surface area contributed by atoms with E-state index in [4.69, 9.17) is 9.15 Å². The van der Waals surface area contributed by atoms with E-state index in [2.05, 4.69) is 9.97 Å². The second kappa shape index (κ2) is 8.23. The summed E-state index contributed by atoms with van der Waals surface area (Å²) < 4.78 is 13.6. The minimum Gasteiger partial charge on any atom is -0.497 e. The Hall–Kier alpha value is -4.46. The predicted octanol–water partition coefficient (Wildman–Crippen LogP) is 3.57. The fourth-order valence-corrected chi connectivity index (χ4v) is 3.72. The Labute approximate surface area is 188 Å². The van der Waals surface area contributed by atoms with E-state index in [0.29, 0.717) is 34.1 Å². The number of aromatic nitrogens is 4. The SMILES string of the molecule is COc1ccc(-c2nc(Cn3c(=O)c4cccnc4n(-c4ccccc4)c3=O)c(C)o2)cc1. The molecule has 0 radical (unpaired) electrons. The molecule has 0 aliphatic rings. The van der Waals surface area contributed by atoms with Crippen LogP contribution in [0.2, 0.25) is 0 Å². The van der Waals surface area contributed by atoms with Crippen LogP contribution in [0.15, 0.2) is 86.9 Å². The summed E-state index contributed by atoms with van der Waals surface area (Å²) in [7, 11) is 1.60. The Bertz CT molecular complexity index is 1560. The molecule has 0 aliphatic carbocycles. The second-order valence-corrected chi connectivity index (χ2v) is 7.47. The third-order valence-corrected chi connectivity index (χ3v) is 5.45. The molecule has 0 bridgehead atoms. The molecule has 8 nitrogen and oxygen atoms in total. The van der Waals surface area contributed by atoms with Gasteiger partial charge in [-0.1, -0.05) is 18.2 Å². The highest BCUT2D eigenvalue weighted by Crippen LogP contribution is 2.24. The van der Waals surface area contributed by atoms with E-state index in [1.807, 2.05) is 42.5 Å². The number of pyridine rings is 1. The molecule has 0 amide bonds. The Balaban J connectivity index is 1.64. The van der Waals surface area contributed by atoms with Crippen LogP contribution in [0.4, 0.5) is 0 Å². The van der Waals surface area contributed by atoms with Crippen LogP contribution >= 0.6 is 0 Å². The molecule has 33 heavy (non-hydrogen) atoms. The monoisotopic (exact) mass is 440 g/mol. The van der Waals surface area contributed by atoms with Crippen LogP contribution in [-0.4, -0.2) is 26.2 Å². The molecule has 0 saturated heterocycles. The molecule has 0 atom stereocenters. The summed E-state index contributed by atoms with van der Waals surface area (Å²) in [6.07, 6.45) is 1.56. The molecule has 3 heterocycles. The van der Waals surface area contributed by atoms with Gasteiger partial charge < -0.3 is 9.15 Å². The minimum absolute atomic E-state index is 0.0270. The lowest BCUT2D eigenvalue weighted by molar-refractivity contribution is 0.415. The van der Waals surface area contributed by atoms with Crippen LogP contribution in [0.5, 0.6) is 5.75 Å². The van der Waals surface area contributed by atoms with E-state index in [9.17, 15) is 9.59 Å². The van der Waals surface area contributed by atoms with E-state index >= 15 is 0 Å². The molecule has 5 rings (SSSR count). The van der Waals surface area contributed by atoms with Crippen molar-refractivity contribution in [2.45, 2.75) is 13.5 Å².